The third-order valence-electron chi connectivity index (χ3n) is 2.86. The maximum atomic E-state index is 13.1. The number of benzene rings is 1. The summed E-state index contributed by atoms with van der Waals surface area (Å²) < 4.78 is 14.5. The zero-order valence-electron chi connectivity index (χ0n) is 11.9. The van der Waals surface area contributed by atoms with Gasteiger partial charge in [-0.2, -0.15) is 0 Å². The van der Waals surface area contributed by atoms with Crippen molar-refractivity contribution in [2.24, 2.45) is 0 Å². The molecule has 2 rings (SSSR count). The molecule has 2 aromatic rings. The highest BCUT2D eigenvalue weighted by atomic mass is 19.1. The van der Waals surface area contributed by atoms with E-state index in [0.717, 1.165) is 0 Å². The van der Waals surface area contributed by atoms with E-state index >= 15 is 0 Å². The SMILES string of the molecule is CC(CC(=O)O)NC(=O)c1cn(Cc2cccc(F)c2)nn1. The zero-order chi connectivity index (χ0) is 16.1. The normalized spacial score (nSPS) is 11.9. The molecule has 0 fully saturated rings. The first kappa shape index (κ1) is 15.6. The Morgan fingerprint density at radius 1 is 1.45 bits per heavy atom. The molecule has 1 atom stereocenters. The molecule has 1 heterocycles. The van der Waals surface area contributed by atoms with Crippen molar-refractivity contribution in [2.45, 2.75) is 25.9 Å². The van der Waals surface area contributed by atoms with E-state index in [1.165, 1.54) is 23.0 Å². The van der Waals surface area contributed by atoms with Gasteiger partial charge >= 0.3 is 5.97 Å². The van der Waals surface area contributed by atoms with Gasteiger partial charge in [0.15, 0.2) is 5.69 Å². The van der Waals surface area contributed by atoms with Crippen LogP contribution in [0.2, 0.25) is 0 Å². The van der Waals surface area contributed by atoms with Crippen LogP contribution in [0.5, 0.6) is 0 Å². The molecule has 0 spiro atoms. The number of rotatable bonds is 6. The number of aromatic nitrogens is 3. The molecule has 0 aliphatic heterocycles. The van der Waals surface area contributed by atoms with Gasteiger partial charge in [-0.1, -0.05) is 17.3 Å². The Hall–Kier alpha value is -2.77. The lowest BCUT2D eigenvalue weighted by molar-refractivity contribution is -0.137. The molecule has 0 saturated carbocycles. The number of nitrogens with one attached hydrogen (secondary N) is 1. The quantitative estimate of drug-likeness (QED) is 0.831. The highest BCUT2D eigenvalue weighted by Gasteiger charge is 2.15. The predicted octanol–water partition coefficient (Wildman–Crippen LogP) is 1.06. The minimum Gasteiger partial charge on any atom is -0.481 e. The lowest BCUT2D eigenvalue weighted by Crippen LogP contribution is -2.34. The topological polar surface area (TPSA) is 97.1 Å². The van der Waals surface area contributed by atoms with Gasteiger partial charge in [-0.05, 0) is 24.6 Å². The first-order valence-electron chi connectivity index (χ1n) is 6.61. The minimum absolute atomic E-state index is 0.0774. The maximum absolute atomic E-state index is 13.1. The van der Waals surface area contributed by atoms with Gasteiger partial charge in [-0.15, -0.1) is 5.10 Å². The van der Waals surface area contributed by atoms with E-state index in [2.05, 4.69) is 15.6 Å². The van der Waals surface area contributed by atoms with Crippen LogP contribution in [0, 0.1) is 5.82 Å². The monoisotopic (exact) mass is 306 g/mol. The number of hydrogen-bond donors (Lipinski definition) is 2. The van der Waals surface area contributed by atoms with E-state index in [1.807, 2.05) is 0 Å². The molecule has 116 valence electrons. The second kappa shape index (κ2) is 6.79. The van der Waals surface area contributed by atoms with Crippen molar-refractivity contribution in [3.05, 3.63) is 47.5 Å². The summed E-state index contributed by atoms with van der Waals surface area (Å²) in [5.41, 5.74) is 0.768. The van der Waals surface area contributed by atoms with Crippen LogP contribution in [0.3, 0.4) is 0 Å². The van der Waals surface area contributed by atoms with Gasteiger partial charge in [0.05, 0.1) is 19.2 Å². The summed E-state index contributed by atoms with van der Waals surface area (Å²) in [6.07, 6.45) is 1.25. The summed E-state index contributed by atoms with van der Waals surface area (Å²) in [5, 5.41) is 18.7. The third kappa shape index (κ3) is 4.37. The molecule has 0 saturated heterocycles. The molecule has 1 amide bonds. The Bertz CT molecular complexity index is 686. The van der Waals surface area contributed by atoms with Gasteiger partial charge in [0.2, 0.25) is 0 Å². The van der Waals surface area contributed by atoms with E-state index < -0.39 is 17.9 Å². The number of aliphatic carboxylic acids is 1. The van der Waals surface area contributed by atoms with Crippen LogP contribution in [-0.2, 0) is 11.3 Å². The van der Waals surface area contributed by atoms with Gasteiger partial charge < -0.3 is 10.4 Å². The second-order valence-corrected chi connectivity index (χ2v) is 4.90. The summed E-state index contributed by atoms with van der Waals surface area (Å²) in [6, 6.07) is 5.52. The molecule has 7 nitrogen and oxygen atoms in total. The molecule has 0 aliphatic carbocycles. The van der Waals surface area contributed by atoms with Crippen LogP contribution in [0.15, 0.2) is 30.5 Å². The molecule has 22 heavy (non-hydrogen) atoms. The van der Waals surface area contributed by atoms with Crippen LogP contribution >= 0.6 is 0 Å². The van der Waals surface area contributed by atoms with E-state index in [4.69, 9.17) is 5.11 Å². The van der Waals surface area contributed by atoms with Crippen molar-refractivity contribution in [3.8, 4) is 0 Å². The molecule has 0 aliphatic rings. The average Bonchev–Trinajstić information content (AvgIpc) is 2.86. The Morgan fingerprint density at radius 2 is 2.23 bits per heavy atom. The molecule has 1 aromatic carbocycles. The first-order valence-corrected chi connectivity index (χ1v) is 6.61. The number of halogens is 1. The summed E-state index contributed by atoms with van der Waals surface area (Å²) in [6.45, 7) is 1.87. The Balaban J connectivity index is 1.98. The van der Waals surface area contributed by atoms with E-state index in [1.54, 1.807) is 19.1 Å². The standard InChI is InChI=1S/C14H15FN4O3/c1-9(5-13(20)21)16-14(22)12-8-19(18-17-12)7-10-3-2-4-11(15)6-10/h2-4,6,8-9H,5,7H2,1H3,(H,16,22)(H,20,21). The molecule has 2 N–H and O–H groups in total. The average molecular weight is 306 g/mol. The van der Waals surface area contributed by atoms with Gasteiger partial charge in [-0.25, -0.2) is 9.07 Å². The number of carboxylic acids is 1. The maximum Gasteiger partial charge on any atom is 0.305 e. The summed E-state index contributed by atoms with van der Waals surface area (Å²) in [5.74, 6) is -1.85. The van der Waals surface area contributed by atoms with Crippen LogP contribution in [0.4, 0.5) is 4.39 Å². The van der Waals surface area contributed by atoms with Crippen LogP contribution < -0.4 is 5.32 Å². The summed E-state index contributed by atoms with van der Waals surface area (Å²) in [7, 11) is 0. The number of carboxylic acid groups (broad SMARTS) is 1. The molecular formula is C14H15FN4O3. The van der Waals surface area contributed by atoms with Crippen molar-refractivity contribution in [2.75, 3.05) is 0 Å². The minimum atomic E-state index is -0.998. The zero-order valence-corrected chi connectivity index (χ0v) is 11.9. The van der Waals surface area contributed by atoms with E-state index in [0.29, 0.717) is 5.56 Å². The van der Waals surface area contributed by atoms with Crippen molar-refractivity contribution >= 4 is 11.9 Å². The highest BCUT2D eigenvalue weighted by molar-refractivity contribution is 5.92. The van der Waals surface area contributed by atoms with E-state index in [9.17, 15) is 14.0 Å². The molecule has 8 heteroatoms. The third-order valence-corrected chi connectivity index (χ3v) is 2.86. The predicted molar refractivity (Wildman–Crippen MR) is 74.7 cm³/mol. The Labute approximate surface area is 125 Å². The van der Waals surface area contributed by atoms with Crippen LogP contribution in [0.25, 0.3) is 0 Å². The van der Waals surface area contributed by atoms with Crippen molar-refractivity contribution < 1.29 is 19.1 Å². The molecular weight excluding hydrogens is 291 g/mol. The molecule has 0 radical (unpaired) electrons. The van der Waals surface area contributed by atoms with Crippen LogP contribution in [0.1, 0.15) is 29.4 Å². The van der Waals surface area contributed by atoms with E-state index in [-0.39, 0.29) is 24.5 Å². The number of carbonyl (C=O) groups is 2. The number of nitrogens with zero attached hydrogens (tertiary/aromatic N) is 3. The Kier molecular flexibility index (Phi) is 4.82. The molecule has 1 unspecified atom stereocenters. The summed E-state index contributed by atoms with van der Waals surface area (Å²) >= 11 is 0. The Morgan fingerprint density at radius 3 is 2.91 bits per heavy atom. The van der Waals surface area contributed by atoms with Gasteiger partial charge in [0, 0.05) is 6.04 Å². The van der Waals surface area contributed by atoms with Crippen LogP contribution in [-0.4, -0.2) is 38.0 Å². The summed E-state index contributed by atoms with van der Waals surface area (Å²) in [4.78, 5) is 22.4. The number of amides is 1. The molecule has 0 bridgehead atoms. The smallest absolute Gasteiger partial charge is 0.305 e. The fraction of sp³-hybridized carbons (Fsp3) is 0.286. The van der Waals surface area contributed by atoms with Gasteiger partial charge in [0.25, 0.3) is 5.91 Å². The van der Waals surface area contributed by atoms with Gasteiger partial charge in [0.1, 0.15) is 5.82 Å². The van der Waals surface area contributed by atoms with Crippen molar-refractivity contribution in [1.82, 2.24) is 20.3 Å². The lowest BCUT2D eigenvalue weighted by atomic mass is 10.2. The fourth-order valence-electron chi connectivity index (χ4n) is 1.91. The fourth-order valence-corrected chi connectivity index (χ4v) is 1.91. The lowest BCUT2D eigenvalue weighted by Gasteiger charge is -2.09. The second-order valence-electron chi connectivity index (χ2n) is 4.90. The van der Waals surface area contributed by atoms with Gasteiger partial charge in [-0.3, -0.25) is 9.59 Å². The number of carbonyl (C=O) groups excluding carboxylic acids is 1. The number of hydrogen-bond acceptors (Lipinski definition) is 4. The van der Waals surface area contributed by atoms with Crippen molar-refractivity contribution in [3.63, 3.8) is 0 Å². The molecule has 1 aromatic heterocycles. The van der Waals surface area contributed by atoms with Crippen molar-refractivity contribution in [1.29, 1.82) is 0 Å². The highest BCUT2D eigenvalue weighted by Crippen LogP contribution is 2.06. The first-order chi connectivity index (χ1) is 10.4. The largest absolute Gasteiger partial charge is 0.481 e.